The van der Waals surface area contributed by atoms with Gasteiger partial charge in [0, 0.05) is 49.1 Å². The number of benzene rings is 1. The minimum Gasteiger partial charge on any atom is -0.493 e. The molecule has 1 N–H and O–H groups in total. The third-order valence-corrected chi connectivity index (χ3v) is 4.84. The Bertz CT molecular complexity index is 1130. The molecule has 2 aromatic heterocycles. The maximum atomic E-state index is 14.2. The molecular formula is C19H15ClF2N4O2. The summed E-state index contributed by atoms with van der Waals surface area (Å²) in [4.78, 5) is 20.4. The van der Waals surface area contributed by atoms with Gasteiger partial charge in [0.05, 0.1) is 17.2 Å². The van der Waals surface area contributed by atoms with Crippen LogP contribution < -0.4 is 15.6 Å². The molecule has 3 heterocycles. The summed E-state index contributed by atoms with van der Waals surface area (Å²) >= 11 is 5.85. The van der Waals surface area contributed by atoms with Crippen LogP contribution in [-0.2, 0) is 20.0 Å². The lowest BCUT2D eigenvalue weighted by atomic mass is 10.0. The van der Waals surface area contributed by atoms with Crippen molar-refractivity contribution in [2.24, 2.45) is 7.05 Å². The Morgan fingerprint density at radius 2 is 2.07 bits per heavy atom. The molecule has 0 radical (unpaired) electrons. The number of anilines is 1. The monoisotopic (exact) mass is 404 g/mol. The lowest BCUT2D eigenvalue weighted by molar-refractivity contribution is 0.356. The highest BCUT2D eigenvalue weighted by atomic mass is 35.5. The van der Waals surface area contributed by atoms with Gasteiger partial charge in [0.2, 0.25) is 11.9 Å². The smallest absolute Gasteiger partial charge is 0.262 e. The van der Waals surface area contributed by atoms with Crippen molar-refractivity contribution in [1.82, 2.24) is 14.5 Å². The largest absolute Gasteiger partial charge is 0.493 e. The number of fused-ring (bicyclic) bond motifs is 1. The van der Waals surface area contributed by atoms with Crippen LogP contribution in [0.1, 0.15) is 11.1 Å². The quantitative estimate of drug-likeness (QED) is 0.675. The fourth-order valence-electron chi connectivity index (χ4n) is 3.18. The van der Waals surface area contributed by atoms with Crippen LogP contribution in [-0.4, -0.2) is 21.1 Å². The highest BCUT2D eigenvalue weighted by Crippen LogP contribution is 2.30. The first-order valence-corrected chi connectivity index (χ1v) is 8.88. The second-order valence-electron chi connectivity index (χ2n) is 6.31. The molecule has 0 bridgehead atoms. The summed E-state index contributed by atoms with van der Waals surface area (Å²) in [6, 6.07) is 4.28. The van der Waals surface area contributed by atoms with E-state index in [9.17, 15) is 13.6 Å². The predicted molar refractivity (Wildman–Crippen MR) is 101 cm³/mol. The fraction of sp³-hybridized carbons (Fsp3) is 0.211. The Balaban J connectivity index is 1.65. The number of halogens is 3. The number of hydrogen-bond donors (Lipinski definition) is 1. The molecular weight excluding hydrogens is 390 g/mol. The number of nitrogens with one attached hydrogen (secondary N) is 1. The molecule has 1 aliphatic rings. The van der Waals surface area contributed by atoms with Crippen LogP contribution in [0, 0.1) is 11.8 Å². The normalized spacial score (nSPS) is 12.6. The predicted octanol–water partition coefficient (Wildman–Crippen LogP) is 3.32. The highest BCUT2D eigenvalue weighted by molar-refractivity contribution is 6.30. The molecule has 3 aromatic rings. The van der Waals surface area contributed by atoms with Gasteiger partial charge >= 0.3 is 0 Å². The van der Waals surface area contributed by atoms with E-state index >= 15 is 0 Å². The standard InChI is InChI=1S/C19H15ClF2N4O2/c1-26-18(27)14(12-6-10(20)7-23-17(12)22)9-25-19(26)24-8-13-11-4-5-28-16(11)3-2-15(13)21/h2-3,6-7,9H,4-5,8H2,1H3,(H,24,25). The van der Waals surface area contributed by atoms with E-state index in [0.717, 1.165) is 11.8 Å². The van der Waals surface area contributed by atoms with Gasteiger partial charge in [0.1, 0.15) is 11.6 Å². The van der Waals surface area contributed by atoms with Gasteiger partial charge in [-0.15, -0.1) is 0 Å². The molecule has 0 spiro atoms. The molecule has 9 heteroatoms. The average Bonchev–Trinajstić information content (AvgIpc) is 3.15. The van der Waals surface area contributed by atoms with E-state index in [1.165, 1.54) is 29.9 Å². The van der Waals surface area contributed by atoms with E-state index in [4.69, 9.17) is 16.3 Å². The first-order chi connectivity index (χ1) is 13.5. The van der Waals surface area contributed by atoms with Gasteiger partial charge in [-0.1, -0.05) is 11.6 Å². The molecule has 4 rings (SSSR count). The number of aromatic nitrogens is 3. The Morgan fingerprint density at radius 1 is 1.25 bits per heavy atom. The van der Waals surface area contributed by atoms with Crippen LogP contribution >= 0.6 is 11.6 Å². The number of hydrogen-bond acceptors (Lipinski definition) is 5. The Kier molecular flexibility index (Phi) is 4.72. The van der Waals surface area contributed by atoms with Gasteiger partial charge in [-0.2, -0.15) is 4.39 Å². The van der Waals surface area contributed by atoms with E-state index in [1.807, 2.05) is 0 Å². The second-order valence-corrected chi connectivity index (χ2v) is 6.74. The van der Waals surface area contributed by atoms with Crippen molar-refractivity contribution in [3.63, 3.8) is 0 Å². The van der Waals surface area contributed by atoms with Crippen molar-refractivity contribution in [3.8, 4) is 16.9 Å². The third-order valence-electron chi connectivity index (χ3n) is 4.63. The van der Waals surface area contributed by atoms with Crippen LogP contribution in [0.2, 0.25) is 5.02 Å². The molecule has 0 fully saturated rings. The molecule has 0 aliphatic carbocycles. The molecule has 6 nitrogen and oxygen atoms in total. The molecule has 0 saturated carbocycles. The molecule has 144 valence electrons. The summed E-state index contributed by atoms with van der Waals surface area (Å²) in [5.41, 5.74) is 0.791. The van der Waals surface area contributed by atoms with Crippen molar-refractivity contribution >= 4 is 17.5 Å². The Hall–Kier alpha value is -3.00. The van der Waals surface area contributed by atoms with Crippen molar-refractivity contribution in [3.05, 3.63) is 68.9 Å². The zero-order chi connectivity index (χ0) is 19.8. The SMILES string of the molecule is Cn1c(NCc2c(F)ccc3c2CCO3)ncc(-c2cc(Cl)cnc2F)c1=O. The van der Waals surface area contributed by atoms with Crippen LogP contribution in [0.25, 0.3) is 11.1 Å². The number of rotatable bonds is 4. The van der Waals surface area contributed by atoms with Gasteiger partial charge in [-0.3, -0.25) is 9.36 Å². The number of ether oxygens (including phenoxy) is 1. The average molecular weight is 405 g/mol. The summed E-state index contributed by atoms with van der Waals surface area (Å²) < 4.78 is 34.9. The summed E-state index contributed by atoms with van der Waals surface area (Å²) in [5.74, 6) is -0.282. The van der Waals surface area contributed by atoms with Gasteiger partial charge in [0.15, 0.2) is 0 Å². The first kappa shape index (κ1) is 18.4. The summed E-state index contributed by atoms with van der Waals surface area (Å²) in [7, 11) is 1.49. The molecule has 0 unspecified atom stereocenters. The van der Waals surface area contributed by atoms with Gasteiger partial charge in [0.25, 0.3) is 5.56 Å². The molecule has 1 aromatic carbocycles. The zero-order valence-corrected chi connectivity index (χ0v) is 15.6. The summed E-state index contributed by atoms with van der Waals surface area (Å²) in [5, 5.41) is 3.17. The second kappa shape index (κ2) is 7.20. The van der Waals surface area contributed by atoms with E-state index in [1.54, 1.807) is 6.07 Å². The Labute approximate surface area is 163 Å². The molecule has 0 amide bonds. The maximum absolute atomic E-state index is 14.2. The minimum absolute atomic E-state index is 0.0285. The van der Waals surface area contributed by atoms with Crippen LogP contribution in [0.4, 0.5) is 14.7 Å². The van der Waals surface area contributed by atoms with Crippen molar-refractivity contribution < 1.29 is 13.5 Å². The number of pyridine rings is 1. The van der Waals surface area contributed by atoms with Gasteiger partial charge < -0.3 is 10.1 Å². The third kappa shape index (κ3) is 3.20. The Morgan fingerprint density at radius 3 is 2.89 bits per heavy atom. The fourth-order valence-corrected chi connectivity index (χ4v) is 3.34. The molecule has 28 heavy (non-hydrogen) atoms. The highest BCUT2D eigenvalue weighted by Gasteiger charge is 2.20. The van der Waals surface area contributed by atoms with E-state index in [0.29, 0.717) is 24.3 Å². The van der Waals surface area contributed by atoms with Gasteiger partial charge in [-0.05, 0) is 18.2 Å². The molecule has 0 saturated heterocycles. The van der Waals surface area contributed by atoms with E-state index < -0.39 is 11.5 Å². The van der Waals surface area contributed by atoms with Crippen LogP contribution in [0.15, 0.2) is 35.4 Å². The van der Waals surface area contributed by atoms with Crippen molar-refractivity contribution in [2.75, 3.05) is 11.9 Å². The summed E-state index contributed by atoms with van der Waals surface area (Å²) in [6.07, 6.45) is 3.03. The van der Waals surface area contributed by atoms with Crippen molar-refractivity contribution in [1.29, 1.82) is 0 Å². The first-order valence-electron chi connectivity index (χ1n) is 8.50. The zero-order valence-electron chi connectivity index (χ0n) is 14.8. The van der Waals surface area contributed by atoms with Crippen molar-refractivity contribution in [2.45, 2.75) is 13.0 Å². The number of nitrogens with zero attached hydrogens (tertiary/aromatic N) is 3. The maximum Gasteiger partial charge on any atom is 0.262 e. The lowest BCUT2D eigenvalue weighted by Gasteiger charge is -2.14. The van der Waals surface area contributed by atoms with E-state index in [-0.39, 0.29) is 34.5 Å². The van der Waals surface area contributed by atoms with Crippen LogP contribution in [0.3, 0.4) is 0 Å². The van der Waals surface area contributed by atoms with Crippen LogP contribution in [0.5, 0.6) is 5.75 Å². The topological polar surface area (TPSA) is 69.0 Å². The minimum atomic E-state index is -0.814. The summed E-state index contributed by atoms with van der Waals surface area (Å²) in [6.45, 7) is 0.640. The molecule has 1 aliphatic heterocycles. The van der Waals surface area contributed by atoms with Gasteiger partial charge in [-0.25, -0.2) is 14.4 Å². The lowest BCUT2D eigenvalue weighted by Crippen LogP contribution is -2.24. The van der Waals surface area contributed by atoms with E-state index in [2.05, 4.69) is 15.3 Å². The molecule has 0 atom stereocenters.